The average molecular weight is 270 g/mol. The van der Waals surface area contributed by atoms with E-state index in [1.807, 2.05) is 13.8 Å². The number of hydrogen-bond donors (Lipinski definition) is 1. The second-order valence-electron chi connectivity index (χ2n) is 5.75. The minimum absolute atomic E-state index is 0.127. The number of ether oxygens (including phenoxy) is 1. The summed E-state index contributed by atoms with van der Waals surface area (Å²) < 4.78 is 5.24. The van der Waals surface area contributed by atoms with Gasteiger partial charge in [-0.1, -0.05) is 13.8 Å². The Hall–Kier alpha value is -0.610. The largest absolute Gasteiger partial charge is 0.465 e. The van der Waals surface area contributed by atoms with Crippen LogP contribution in [0.3, 0.4) is 0 Å². The van der Waals surface area contributed by atoms with E-state index in [-0.39, 0.29) is 5.97 Å². The number of esters is 1. The van der Waals surface area contributed by atoms with E-state index in [9.17, 15) is 4.79 Å². The maximum Gasteiger partial charge on any atom is 0.327 e. The Labute approximate surface area is 117 Å². The molecule has 4 nitrogen and oxygen atoms in total. The molecule has 1 rings (SSSR count). The molecule has 1 N–H and O–H groups in total. The fourth-order valence-corrected chi connectivity index (χ4v) is 2.30. The minimum Gasteiger partial charge on any atom is -0.465 e. The molecule has 0 radical (unpaired) electrons. The quantitative estimate of drug-likeness (QED) is 0.617. The van der Waals surface area contributed by atoms with Gasteiger partial charge in [0.05, 0.1) is 6.61 Å². The van der Waals surface area contributed by atoms with Crippen LogP contribution in [-0.4, -0.2) is 49.2 Å². The first-order valence-corrected chi connectivity index (χ1v) is 7.70. The van der Waals surface area contributed by atoms with Gasteiger partial charge in [-0.15, -0.1) is 0 Å². The highest BCUT2D eigenvalue weighted by Gasteiger charge is 2.37. The lowest BCUT2D eigenvalue weighted by Gasteiger charge is -2.34. The number of carbonyl (C=O) groups excluding carboxylic acids is 1. The molecule has 0 aliphatic heterocycles. The van der Waals surface area contributed by atoms with Crippen molar-refractivity contribution in [2.75, 3.05) is 32.8 Å². The van der Waals surface area contributed by atoms with Crippen molar-refractivity contribution in [1.82, 2.24) is 10.2 Å². The molecule has 0 aromatic heterocycles. The topological polar surface area (TPSA) is 41.6 Å². The standard InChI is InChI=1S/C15H30N2O2/c1-5-10-16-15(4,14(18)19-7-3)12-17(6-2)11-13-8-9-13/h13,16H,5-12H2,1-4H3. The Morgan fingerprint density at radius 1 is 1.37 bits per heavy atom. The van der Waals surface area contributed by atoms with Gasteiger partial charge >= 0.3 is 5.97 Å². The van der Waals surface area contributed by atoms with Crippen LogP contribution in [0.5, 0.6) is 0 Å². The Balaban J connectivity index is 2.61. The molecule has 0 heterocycles. The third-order valence-corrected chi connectivity index (χ3v) is 3.69. The molecule has 0 bridgehead atoms. The van der Waals surface area contributed by atoms with E-state index in [1.54, 1.807) is 0 Å². The van der Waals surface area contributed by atoms with Gasteiger partial charge in [0.25, 0.3) is 0 Å². The van der Waals surface area contributed by atoms with Crippen molar-refractivity contribution in [3.8, 4) is 0 Å². The number of nitrogens with zero attached hydrogens (tertiary/aromatic N) is 1. The molecule has 112 valence electrons. The van der Waals surface area contributed by atoms with Crippen LogP contribution in [0.15, 0.2) is 0 Å². The molecule has 0 spiro atoms. The van der Waals surface area contributed by atoms with Gasteiger partial charge in [-0.25, -0.2) is 0 Å². The summed E-state index contributed by atoms with van der Waals surface area (Å²) in [5.41, 5.74) is -0.586. The monoisotopic (exact) mass is 270 g/mol. The summed E-state index contributed by atoms with van der Waals surface area (Å²) >= 11 is 0. The summed E-state index contributed by atoms with van der Waals surface area (Å²) in [5.74, 6) is 0.718. The Morgan fingerprint density at radius 3 is 2.53 bits per heavy atom. The maximum absolute atomic E-state index is 12.2. The molecule has 1 aliphatic carbocycles. The first kappa shape index (κ1) is 16.4. The van der Waals surface area contributed by atoms with Crippen molar-refractivity contribution < 1.29 is 9.53 Å². The number of carbonyl (C=O) groups is 1. The predicted octanol–water partition coefficient (Wildman–Crippen LogP) is 2.04. The average Bonchev–Trinajstić information content (AvgIpc) is 3.19. The normalized spacial score (nSPS) is 18.4. The number of nitrogens with one attached hydrogen (secondary N) is 1. The van der Waals surface area contributed by atoms with Crippen LogP contribution in [0.1, 0.15) is 47.0 Å². The molecular weight excluding hydrogens is 240 g/mol. The van der Waals surface area contributed by atoms with Crippen LogP contribution >= 0.6 is 0 Å². The van der Waals surface area contributed by atoms with E-state index in [1.165, 1.54) is 12.8 Å². The highest BCUT2D eigenvalue weighted by Crippen LogP contribution is 2.30. The molecular formula is C15H30N2O2. The zero-order valence-electron chi connectivity index (χ0n) is 13.0. The van der Waals surface area contributed by atoms with Gasteiger partial charge in [0.1, 0.15) is 5.54 Å². The van der Waals surface area contributed by atoms with Gasteiger partial charge in [-0.2, -0.15) is 0 Å². The van der Waals surface area contributed by atoms with Crippen LogP contribution in [0.25, 0.3) is 0 Å². The molecule has 1 atom stereocenters. The van der Waals surface area contributed by atoms with Crippen LogP contribution in [0.2, 0.25) is 0 Å². The third-order valence-electron chi connectivity index (χ3n) is 3.69. The van der Waals surface area contributed by atoms with E-state index in [0.29, 0.717) is 6.61 Å². The fourth-order valence-electron chi connectivity index (χ4n) is 2.30. The zero-order chi connectivity index (χ0) is 14.3. The second-order valence-corrected chi connectivity index (χ2v) is 5.75. The van der Waals surface area contributed by atoms with Gasteiger partial charge in [-0.05, 0) is 52.1 Å². The minimum atomic E-state index is -0.586. The molecule has 19 heavy (non-hydrogen) atoms. The third kappa shape index (κ3) is 5.49. The summed E-state index contributed by atoms with van der Waals surface area (Å²) in [4.78, 5) is 14.6. The van der Waals surface area contributed by atoms with E-state index >= 15 is 0 Å². The summed E-state index contributed by atoms with van der Waals surface area (Å²) in [7, 11) is 0. The highest BCUT2D eigenvalue weighted by atomic mass is 16.5. The molecule has 1 fully saturated rings. The SMILES string of the molecule is CCCNC(C)(CN(CC)CC1CC1)C(=O)OCC. The Bertz CT molecular complexity index is 279. The number of likely N-dealkylation sites (N-methyl/N-ethyl adjacent to an activating group) is 1. The second kappa shape index (κ2) is 7.85. The lowest BCUT2D eigenvalue weighted by molar-refractivity contribution is -0.151. The van der Waals surface area contributed by atoms with Crippen LogP contribution in [0, 0.1) is 5.92 Å². The number of rotatable bonds is 10. The van der Waals surface area contributed by atoms with Crippen LogP contribution in [0.4, 0.5) is 0 Å². The van der Waals surface area contributed by atoms with E-state index in [2.05, 4.69) is 24.1 Å². The molecule has 0 saturated heterocycles. The van der Waals surface area contributed by atoms with Gasteiger partial charge in [0.15, 0.2) is 0 Å². The van der Waals surface area contributed by atoms with Gasteiger partial charge in [0.2, 0.25) is 0 Å². The van der Waals surface area contributed by atoms with Gasteiger partial charge in [0, 0.05) is 13.1 Å². The van der Waals surface area contributed by atoms with E-state index < -0.39 is 5.54 Å². The molecule has 4 heteroatoms. The predicted molar refractivity (Wildman–Crippen MR) is 78.2 cm³/mol. The Kier molecular flexibility index (Phi) is 6.80. The molecule has 0 aromatic carbocycles. The molecule has 1 aliphatic rings. The van der Waals surface area contributed by atoms with Crippen molar-refractivity contribution in [2.24, 2.45) is 5.92 Å². The van der Waals surface area contributed by atoms with Gasteiger partial charge in [-0.3, -0.25) is 4.79 Å². The van der Waals surface area contributed by atoms with Gasteiger partial charge < -0.3 is 15.0 Å². The van der Waals surface area contributed by atoms with Crippen LogP contribution < -0.4 is 5.32 Å². The first-order valence-electron chi connectivity index (χ1n) is 7.70. The summed E-state index contributed by atoms with van der Waals surface area (Å²) in [6, 6.07) is 0. The maximum atomic E-state index is 12.2. The summed E-state index contributed by atoms with van der Waals surface area (Å²) in [5, 5.41) is 3.37. The Morgan fingerprint density at radius 2 is 2.05 bits per heavy atom. The molecule has 1 saturated carbocycles. The lowest BCUT2D eigenvalue weighted by atomic mass is 10.0. The van der Waals surface area contributed by atoms with E-state index in [4.69, 9.17) is 4.74 Å². The smallest absolute Gasteiger partial charge is 0.327 e. The number of hydrogen-bond acceptors (Lipinski definition) is 4. The van der Waals surface area contributed by atoms with Crippen molar-refractivity contribution in [3.63, 3.8) is 0 Å². The summed E-state index contributed by atoms with van der Waals surface area (Å²) in [6.07, 6.45) is 3.70. The van der Waals surface area contributed by atoms with Crippen molar-refractivity contribution in [1.29, 1.82) is 0 Å². The lowest BCUT2D eigenvalue weighted by Crippen LogP contribution is -2.58. The van der Waals surface area contributed by atoms with Crippen molar-refractivity contribution >= 4 is 5.97 Å². The van der Waals surface area contributed by atoms with Crippen LogP contribution in [-0.2, 0) is 9.53 Å². The molecule has 0 amide bonds. The van der Waals surface area contributed by atoms with E-state index in [0.717, 1.165) is 38.5 Å². The highest BCUT2D eigenvalue weighted by molar-refractivity contribution is 5.80. The zero-order valence-corrected chi connectivity index (χ0v) is 13.0. The fraction of sp³-hybridized carbons (Fsp3) is 0.933. The van der Waals surface area contributed by atoms with Crippen molar-refractivity contribution in [2.45, 2.75) is 52.5 Å². The first-order chi connectivity index (χ1) is 9.05. The molecule has 1 unspecified atom stereocenters. The molecule has 0 aromatic rings. The van der Waals surface area contributed by atoms with Crippen molar-refractivity contribution in [3.05, 3.63) is 0 Å². The summed E-state index contributed by atoms with van der Waals surface area (Å²) in [6.45, 7) is 12.2.